The van der Waals surface area contributed by atoms with E-state index in [0.717, 1.165) is 20.6 Å². The first-order chi connectivity index (χ1) is 16.5. The average Bonchev–Trinajstić information content (AvgIpc) is 2.85. The lowest BCUT2D eigenvalue weighted by atomic mass is 10.1. The molecule has 0 saturated heterocycles. The molecule has 0 aliphatic carbocycles. The maximum Gasteiger partial charge on any atom is 0.304 e. The predicted octanol–water partition coefficient (Wildman–Crippen LogP) is 2.64. The normalized spacial score (nSPS) is 13.1. The molecule has 0 aliphatic heterocycles. The molecular weight excluding hydrogens is 468 g/mol. The quantitative estimate of drug-likeness (QED) is 0.479. The van der Waals surface area contributed by atoms with E-state index in [1.54, 1.807) is 62.6 Å². The Morgan fingerprint density at radius 1 is 1.03 bits per heavy atom. The third kappa shape index (κ3) is 7.43. The maximum atomic E-state index is 13.6. The van der Waals surface area contributed by atoms with Crippen LogP contribution in [0, 0.1) is 0 Å². The molecule has 0 aromatic heterocycles. The van der Waals surface area contributed by atoms with Gasteiger partial charge >= 0.3 is 10.2 Å². The maximum absolute atomic E-state index is 13.6. The van der Waals surface area contributed by atoms with Crippen molar-refractivity contribution in [3.8, 4) is 5.75 Å². The monoisotopic (exact) mass is 504 g/mol. The summed E-state index contributed by atoms with van der Waals surface area (Å²) in [6, 6.07) is 14.7. The number of nitrogens with zero attached hydrogens (tertiary/aromatic N) is 3. The molecule has 2 aromatic carbocycles. The van der Waals surface area contributed by atoms with Crippen molar-refractivity contribution in [2.24, 2.45) is 0 Å². The molecule has 35 heavy (non-hydrogen) atoms. The van der Waals surface area contributed by atoms with Crippen molar-refractivity contribution in [1.82, 2.24) is 14.5 Å². The van der Waals surface area contributed by atoms with Crippen LogP contribution in [-0.2, 0) is 26.3 Å². The van der Waals surface area contributed by atoms with Gasteiger partial charge in [0.15, 0.2) is 0 Å². The summed E-state index contributed by atoms with van der Waals surface area (Å²) in [5.41, 5.74) is 1.11. The molecule has 0 spiro atoms. The number of amides is 2. The van der Waals surface area contributed by atoms with Gasteiger partial charge in [0.05, 0.1) is 12.8 Å². The summed E-state index contributed by atoms with van der Waals surface area (Å²) in [5, 5.41) is 2.91. The van der Waals surface area contributed by atoms with E-state index in [4.69, 9.17) is 4.74 Å². The third-order valence-corrected chi connectivity index (χ3v) is 7.54. The van der Waals surface area contributed by atoms with E-state index in [1.807, 2.05) is 19.9 Å². The number of ether oxygens (including phenoxy) is 1. The number of hydrogen-bond donors (Lipinski definition) is 1. The average molecular weight is 505 g/mol. The Hall–Kier alpha value is -3.11. The second-order valence-corrected chi connectivity index (χ2v) is 10.6. The van der Waals surface area contributed by atoms with Gasteiger partial charge in [0.1, 0.15) is 18.3 Å². The van der Waals surface area contributed by atoms with Crippen LogP contribution in [0.2, 0.25) is 0 Å². The highest BCUT2D eigenvalue weighted by molar-refractivity contribution is 7.90. The molecule has 2 aromatic rings. The zero-order chi connectivity index (χ0) is 26.2. The van der Waals surface area contributed by atoms with Gasteiger partial charge in [0.2, 0.25) is 11.8 Å². The van der Waals surface area contributed by atoms with Crippen molar-refractivity contribution in [3.05, 3.63) is 60.2 Å². The molecule has 10 heteroatoms. The van der Waals surface area contributed by atoms with Crippen molar-refractivity contribution in [2.75, 3.05) is 32.1 Å². The van der Waals surface area contributed by atoms with Crippen LogP contribution in [0.15, 0.2) is 54.6 Å². The van der Waals surface area contributed by atoms with Crippen LogP contribution in [0.1, 0.15) is 32.8 Å². The predicted molar refractivity (Wildman–Crippen MR) is 137 cm³/mol. The molecular formula is C25H36N4O5S. The van der Waals surface area contributed by atoms with Crippen LogP contribution in [0.3, 0.4) is 0 Å². The number of para-hydroxylation sites is 1. The summed E-state index contributed by atoms with van der Waals surface area (Å²) < 4.78 is 33.6. The molecule has 192 valence electrons. The summed E-state index contributed by atoms with van der Waals surface area (Å²) in [7, 11) is 0.393. The smallest absolute Gasteiger partial charge is 0.304 e. The number of carbonyl (C=O) groups is 2. The van der Waals surface area contributed by atoms with Gasteiger partial charge in [0, 0.05) is 26.7 Å². The van der Waals surface area contributed by atoms with E-state index in [0.29, 0.717) is 11.4 Å². The Kier molecular flexibility index (Phi) is 10.1. The van der Waals surface area contributed by atoms with Gasteiger partial charge in [-0.25, -0.2) is 4.31 Å². The van der Waals surface area contributed by atoms with Gasteiger partial charge < -0.3 is 15.0 Å². The minimum Gasteiger partial charge on any atom is -0.497 e. The summed E-state index contributed by atoms with van der Waals surface area (Å²) in [4.78, 5) is 28.0. The van der Waals surface area contributed by atoms with E-state index in [9.17, 15) is 18.0 Å². The lowest BCUT2D eigenvalue weighted by molar-refractivity contribution is -0.139. The molecule has 9 nitrogen and oxygen atoms in total. The third-order valence-electron chi connectivity index (χ3n) is 5.72. The molecule has 0 bridgehead atoms. The van der Waals surface area contributed by atoms with Crippen LogP contribution < -0.4 is 14.4 Å². The number of rotatable bonds is 12. The summed E-state index contributed by atoms with van der Waals surface area (Å²) in [6.45, 7) is 5.13. The Balaban J connectivity index is 2.44. The fourth-order valence-corrected chi connectivity index (χ4v) is 4.38. The van der Waals surface area contributed by atoms with Gasteiger partial charge in [0.25, 0.3) is 0 Å². The molecule has 1 N–H and O–H groups in total. The standard InChI is InChI=1S/C25H36N4O5S/c1-7-19(2)26-25(31)20(3)28(17-21-12-11-15-23(16-21)34-6)24(30)18-29(35(32,33)27(4)5)22-13-9-8-10-14-22/h8-16,19-20H,7,17-18H2,1-6H3,(H,26,31)/t19-,20-/m1/s1. The summed E-state index contributed by atoms with van der Waals surface area (Å²) in [5.74, 6) is -0.195. The van der Waals surface area contributed by atoms with Gasteiger partial charge in [-0.05, 0) is 50.1 Å². The van der Waals surface area contributed by atoms with E-state index in [-0.39, 0.29) is 18.5 Å². The van der Waals surface area contributed by atoms with E-state index >= 15 is 0 Å². The molecule has 2 rings (SSSR count). The number of benzene rings is 2. The first-order valence-corrected chi connectivity index (χ1v) is 12.9. The summed E-state index contributed by atoms with van der Waals surface area (Å²) >= 11 is 0. The number of nitrogens with one attached hydrogen (secondary N) is 1. The van der Waals surface area contributed by atoms with Crippen molar-refractivity contribution >= 4 is 27.7 Å². The molecule has 2 amide bonds. The first-order valence-electron chi connectivity index (χ1n) is 11.5. The number of methoxy groups -OCH3 is 1. The Labute approximate surface area is 208 Å². The van der Waals surface area contributed by atoms with Gasteiger partial charge in [-0.3, -0.25) is 9.59 Å². The van der Waals surface area contributed by atoms with E-state index < -0.39 is 28.7 Å². The molecule has 0 heterocycles. The zero-order valence-electron chi connectivity index (χ0n) is 21.3. The van der Waals surface area contributed by atoms with Crippen molar-refractivity contribution in [2.45, 2.75) is 45.8 Å². The fourth-order valence-electron chi connectivity index (χ4n) is 3.33. The molecule has 0 saturated carbocycles. The fraction of sp³-hybridized carbons (Fsp3) is 0.440. The highest BCUT2D eigenvalue weighted by Gasteiger charge is 2.32. The minimum atomic E-state index is -3.97. The van der Waals surface area contributed by atoms with Crippen molar-refractivity contribution < 1.29 is 22.7 Å². The van der Waals surface area contributed by atoms with Crippen LogP contribution in [-0.4, -0.2) is 69.3 Å². The number of hydrogen-bond acceptors (Lipinski definition) is 5. The van der Waals surface area contributed by atoms with Crippen LogP contribution in [0.25, 0.3) is 0 Å². The second kappa shape index (κ2) is 12.6. The highest BCUT2D eigenvalue weighted by Crippen LogP contribution is 2.21. The van der Waals surface area contributed by atoms with Gasteiger partial charge in [-0.15, -0.1) is 0 Å². The Morgan fingerprint density at radius 2 is 1.69 bits per heavy atom. The molecule has 0 aliphatic rings. The molecule has 2 atom stereocenters. The topological polar surface area (TPSA) is 99.3 Å². The van der Waals surface area contributed by atoms with Crippen LogP contribution >= 0.6 is 0 Å². The minimum absolute atomic E-state index is 0.0614. The first kappa shape index (κ1) is 28.1. The van der Waals surface area contributed by atoms with Gasteiger partial charge in [-0.1, -0.05) is 37.3 Å². The highest BCUT2D eigenvalue weighted by atomic mass is 32.2. The number of carbonyl (C=O) groups excluding carboxylic acids is 2. The zero-order valence-corrected chi connectivity index (χ0v) is 22.1. The Bertz CT molecular complexity index is 1090. The van der Waals surface area contributed by atoms with Gasteiger partial charge in [-0.2, -0.15) is 12.7 Å². The molecule has 0 unspecified atom stereocenters. The van der Waals surface area contributed by atoms with Crippen LogP contribution in [0.5, 0.6) is 5.75 Å². The van der Waals surface area contributed by atoms with Crippen molar-refractivity contribution in [1.29, 1.82) is 0 Å². The SMILES string of the molecule is CC[C@@H](C)NC(=O)[C@@H](C)N(Cc1cccc(OC)c1)C(=O)CN(c1ccccc1)S(=O)(=O)N(C)C. The van der Waals surface area contributed by atoms with Crippen molar-refractivity contribution in [3.63, 3.8) is 0 Å². The largest absolute Gasteiger partial charge is 0.497 e. The summed E-state index contributed by atoms with van der Waals surface area (Å²) in [6.07, 6.45) is 0.741. The lowest BCUT2D eigenvalue weighted by Crippen LogP contribution is -2.53. The van der Waals surface area contributed by atoms with Crippen LogP contribution in [0.4, 0.5) is 5.69 Å². The second-order valence-electron chi connectivity index (χ2n) is 8.50. The van der Waals surface area contributed by atoms with E-state index in [1.165, 1.54) is 19.0 Å². The van der Waals surface area contributed by atoms with E-state index in [2.05, 4.69) is 5.32 Å². The Morgan fingerprint density at radius 3 is 2.26 bits per heavy atom. The molecule has 0 fully saturated rings. The lowest BCUT2D eigenvalue weighted by Gasteiger charge is -2.33. The number of anilines is 1. The molecule has 0 radical (unpaired) electrons.